The number of aryl methyl sites for hydroxylation is 1. The molecule has 2 aliphatic rings. The van der Waals surface area contributed by atoms with Crippen molar-refractivity contribution in [3.05, 3.63) is 59.7 Å². The van der Waals surface area contributed by atoms with Crippen molar-refractivity contribution in [3.63, 3.8) is 0 Å². The molecule has 2 aromatic carbocycles. The summed E-state index contributed by atoms with van der Waals surface area (Å²) in [5, 5.41) is 6.16. The number of benzene rings is 2. The average molecular weight is 423 g/mol. The van der Waals surface area contributed by atoms with Crippen molar-refractivity contribution >= 4 is 29.3 Å². The van der Waals surface area contributed by atoms with Gasteiger partial charge in [0.2, 0.25) is 5.91 Å². The largest absolute Gasteiger partial charge is 0.353 e. The predicted molar refractivity (Wildman–Crippen MR) is 123 cm³/mol. The van der Waals surface area contributed by atoms with Gasteiger partial charge in [-0.25, -0.2) is 0 Å². The third-order valence-electron chi connectivity index (χ3n) is 6.62. The molecule has 0 unspecified atom stereocenters. The summed E-state index contributed by atoms with van der Waals surface area (Å²) in [7, 11) is 0. The molecule has 2 saturated carbocycles. The van der Waals surface area contributed by atoms with Crippen LogP contribution in [0.1, 0.15) is 48.5 Å². The first-order valence-electron chi connectivity index (χ1n) is 10.9. The van der Waals surface area contributed by atoms with Gasteiger partial charge in [0.1, 0.15) is 0 Å². The Morgan fingerprint density at radius 1 is 1.07 bits per heavy atom. The number of carbonyl (C=O) groups excluding carboxylic acids is 2. The Hall–Kier alpha value is -2.27. The normalized spacial score (nSPS) is 23.2. The first-order valence-corrected chi connectivity index (χ1v) is 11.9. The third kappa shape index (κ3) is 4.89. The van der Waals surface area contributed by atoms with Crippen LogP contribution in [-0.4, -0.2) is 23.6 Å². The molecule has 4 atom stereocenters. The van der Waals surface area contributed by atoms with Crippen molar-refractivity contribution < 1.29 is 9.59 Å². The van der Waals surface area contributed by atoms with Gasteiger partial charge in [0.15, 0.2) is 0 Å². The topological polar surface area (TPSA) is 58.2 Å². The summed E-state index contributed by atoms with van der Waals surface area (Å²) >= 11 is 1.42. The van der Waals surface area contributed by atoms with Gasteiger partial charge in [0.25, 0.3) is 5.91 Å². The number of rotatable bonds is 7. The number of fused-ring (bicyclic) bond motifs is 2. The molecule has 2 fully saturated rings. The Morgan fingerprint density at radius 2 is 1.83 bits per heavy atom. The molecule has 5 heteroatoms. The molecule has 2 aliphatic carbocycles. The van der Waals surface area contributed by atoms with Crippen LogP contribution in [0.2, 0.25) is 0 Å². The minimum absolute atomic E-state index is 0.0454. The molecule has 0 heterocycles. The van der Waals surface area contributed by atoms with E-state index in [2.05, 4.69) is 17.6 Å². The molecule has 4 rings (SSSR count). The zero-order valence-electron chi connectivity index (χ0n) is 17.7. The second kappa shape index (κ2) is 9.25. The Morgan fingerprint density at radius 3 is 2.53 bits per heavy atom. The number of hydrogen-bond donors (Lipinski definition) is 2. The van der Waals surface area contributed by atoms with Crippen LogP contribution in [0.4, 0.5) is 5.69 Å². The third-order valence-corrected chi connectivity index (χ3v) is 7.70. The van der Waals surface area contributed by atoms with Gasteiger partial charge in [0, 0.05) is 16.6 Å². The molecular weight excluding hydrogens is 392 g/mol. The highest BCUT2D eigenvalue weighted by Gasteiger charge is 2.42. The SMILES string of the molecule is Cc1ccc(NC(=O)c2ccccc2SCC(=O)N[C@H](C)[C@@H]2C[C@H]3CC[C@H]2C3)cc1. The summed E-state index contributed by atoms with van der Waals surface area (Å²) < 4.78 is 0. The molecule has 0 aromatic heterocycles. The van der Waals surface area contributed by atoms with Gasteiger partial charge in [-0.2, -0.15) is 0 Å². The molecule has 0 saturated heterocycles. The number of amides is 2. The van der Waals surface area contributed by atoms with Crippen LogP contribution in [0.3, 0.4) is 0 Å². The Kier molecular flexibility index (Phi) is 6.47. The summed E-state index contributed by atoms with van der Waals surface area (Å²) in [6, 6.07) is 15.4. The number of hydrogen-bond acceptors (Lipinski definition) is 3. The van der Waals surface area contributed by atoms with Crippen molar-refractivity contribution in [1.29, 1.82) is 0 Å². The second-order valence-corrected chi connectivity index (χ2v) is 9.82. The van der Waals surface area contributed by atoms with Crippen molar-refractivity contribution in [2.45, 2.75) is 50.5 Å². The summed E-state index contributed by atoms with van der Waals surface area (Å²) in [6.07, 6.45) is 5.32. The lowest BCUT2D eigenvalue weighted by Gasteiger charge is -2.28. The van der Waals surface area contributed by atoms with E-state index < -0.39 is 0 Å². The second-order valence-electron chi connectivity index (χ2n) is 8.80. The minimum Gasteiger partial charge on any atom is -0.353 e. The zero-order valence-corrected chi connectivity index (χ0v) is 18.5. The highest BCUT2D eigenvalue weighted by molar-refractivity contribution is 8.00. The van der Waals surface area contributed by atoms with E-state index >= 15 is 0 Å². The molecule has 158 valence electrons. The van der Waals surface area contributed by atoms with Crippen LogP contribution < -0.4 is 10.6 Å². The van der Waals surface area contributed by atoms with E-state index in [1.54, 1.807) is 0 Å². The highest BCUT2D eigenvalue weighted by Crippen LogP contribution is 2.49. The van der Waals surface area contributed by atoms with E-state index in [-0.39, 0.29) is 17.9 Å². The predicted octanol–water partition coefficient (Wildman–Crippen LogP) is 5.28. The highest BCUT2D eigenvalue weighted by atomic mass is 32.2. The number of thioether (sulfide) groups is 1. The maximum absolute atomic E-state index is 12.8. The van der Waals surface area contributed by atoms with Crippen LogP contribution in [0.5, 0.6) is 0 Å². The van der Waals surface area contributed by atoms with Gasteiger partial charge < -0.3 is 10.6 Å². The number of nitrogens with one attached hydrogen (secondary N) is 2. The summed E-state index contributed by atoms with van der Waals surface area (Å²) in [5.74, 6) is 2.52. The van der Waals surface area contributed by atoms with Gasteiger partial charge in [-0.15, -0.1) is 11.8 Å². The van der Waals surface area contributed by atoms with Crippen LogP contribution in [0.25, 0.3) is 0 Å². The standard InChI is InChI=1S/C25H30N2O2S/c1-16-7-11-20(12-8-16)27-25(29)21-5-3-4-6-23(21)30-15-24(28)26-17(2)22-14-18-9-10-19(22)13-18/h3-8,11-12,17-19,22H,9-10,13-15H2,1-2H3,(H,26,28)(H,27,29)/t17-,18+,19+,22+/m1/s1. The fraction of sp³-hybridized carbons (Fsp3) is 0.440. The van der Waals surface area contributed by atoms with E-state index in [9.17, 15) is 9.59 Å². The molecule has 0 radical (unpaired) electrons. The van der Waals surface area contributed by atoms with E-state index in [0.29, 0.717) is 17.2 Å². The molecule has 2 N–H and O–H groups in total. The van der Waals surface area contributed by atoms with Crippen LogP contribution in [0.15, 0.2) is 53.4 Å². The summed E-state index contributed by atoms with van der Waals surface area (Å²) in [6.45, 7) is 4.16. The molecular formula is C25H30N2O2S. The summed E-state index contributed by atoms with van der Waals surface area (Å²) in [5.41, 5.74) is 2.51. The maximum Gasteiger partial charge on any atom is 0.256 e. The number of carbonyl (C=O) groups is 2. The smallest absolute Gasteiger partial charge is 0.256 e. The van der Waals surface area contributed by atoms with E-state index in [1.807, 2.05) is 55.5 Å². The first-order chi connectivity index (χ1) is 14.5. The van der Waals surface area contributed by atoms with Crippen molar-refractivity contribution in [2.75, 3.05) is 11.1 Å². The molecule has 0 aliphatic heterocycles. The van der Waals surface area contributed by atoms with E-state index in [4.69, 9.17) is 0 Å². The zero-order chi connectivity index (χ0) is 21.1. The lowest BCUT2D eigenvalue weighted by Crippen LogP contribution is -2.40. The molecule has 0 spiro atoms. The number of anilines is 1. The monoisotopic (exact) mass is 422 g/mol. The molecule has 4 nitrogen and oxygen atoms in total. The maximum atomic E-state index is 12.8. The molecule has 2 amide bonds. The van der Waals surface area contributed by atoms with Crippen molar-refractivity contribution in [1.82, 2.24) is 5.32 Å². The van der Waals surface area contributed by atoms with Crippen molar-refractivity contribution in [3.8, 4) is 0 Å². The molecule has 2 aromatic rings. The first kappa shape index (κ1) is 21.0. The fourth-order valence-corrected chi connectivity index (χ4v) is 5.93. The Bertz CT molecular complexity index is 912. The Labute approximate surface area is 183 Å². The van der Waals surface area contributed by atoms with Crippen molar-refractivity contribution in [2.24, 2.45) is 17.8 Å². The minimum atomic E-state index is -0.155. The quantitative estimate of drug-likeness (QED) is 0.597. The van der Waals surface area contributed by atoms with E-state index in [0.717, 1.165) is 28.0 Å². The lowest BCUT2D eigenvalue weighted by atomic mass is 9.84. The van der Waals surface area contributed by atoms with Gasteiger partial charge in [0.05, 0.1) is 11.3 Å². The Balaban J connectivity index is 1.32. The van der Waals surface area contributed by atoms with E-state index in [1.165, 1.54) is 37.4 Å². The van der Waals surface area contributed by atoms with Gasteiger partial charge >= 0.3 is 0 Å². The van der Waals surface area contributed by atoms with Gasteiger partial charge in [-0.1, -0.05) is 36.2 Å². The molecule has 30 heavy (non-hydrogen) atoms. The average Bonchev–Trinajstić information content (AvgIpc) is 3.38. The van der Waals surface area contributed by atoms with Crippen LogP contribution in [-0.2, 0) is 4.79 Å². The molecule has 2 bridgehead atoms. The van der Waals surface area contributed by atoms with Crippen LogP contribution >= 0.6 is 11.8 Å². The lowest BCUT2D eigenvalue weighted by molar-refractivity contribution is -0.119. The fourth-order valence-electron chi connectivity index (χ4n) is 5.07. The van der Waals surface area contributed by atoms with Gasteiger partial charge in [-0.3, -0.25) is 9.59 Å². The van der Waals surface area contributed by atoms with Crippen LogP contribution in [0, 0.1) is 24.7 Å². The van der Waals surface area contributed by atoms with Gasteiger partial charge in [-0.05, 0) is 75.1 Å². The summed E-state index contributed by atoms with van der Waals surface area (Å²) in [4.78, 5) is 26.1.